The van der Waals surface area contributed by atoms with Crippen LogP contribution in [0.15, 0.2) is 0 Å². The summed E-state index contributed by atoms with van der Waals surface area (Å²) in [6.07, 6.45) is -2.86. The van der Waals surface area contributed by atoms with Crippen LogP contribution >= 0.6 is 0 Å². The van der Waals surface area contributed by atoms with Crippen LogP contribution in [0.3, 0.4) is 0 Å². The Morgan fingerprint density at radius 1 is 2.33 bits per heavy atom. The van der Waals surface area contributed by atoms with Gasteiger partial charge in [-0.05, 0) is 6.37 Å². The van der Waals surface area contributed by atoms with E-state index in [1.54, 1.807) is 0 Å². The van der Waals surface area contributed by atoms with Gasteiger partial charge in [-0.2, -0.15) is 0 Å². The van der Waals surface area contributed by atoms with Crippen molar-refractivity contribution in [1.29, 1.82) is 0 Å². The zero-order chi connectivity index (χ0) is 7.65. The van der Waals surface area contributed by atoms with Crippen LogP contribution in [0, 0.1) is 0 Å². The number of carboxylic acids is 1. The van der Waals surface area contributed by atoms with Crippen molar-refractivity contribution >= 4 is 5.97 Å². The third-order valence-corrected chi connectivity index (χ3v) is 0.118. The predicted molar refractivity (Wildman–Crippen MR) is 15.3 cm³/mol. The van der Waals surface area contributed by atoms with E-state index < -0.39 is 19.2 Å². The molecule has 6 heavy (non-hydrogen) atoms. The van der Waals surface area contributed by atoms with Gasteiger partial charge in [0.25, 0.3) is 0 Å². The van der Waals surface area contributed by atoms with Gasteiger partial charge < -0.3 is 9.90 Å². The SMILES string of the molecule is [2H]C([2H])C([2H])([2H])C(=O)[O-].[Na+]. The second-order valence-corrected chi connectivity index (χ2v) is 0.432. The summed E-state index contributed by atoms with van der Waals surface area (Å²) in [7, 11) is 0. The van der Waals surface area contributed by atoms with E-state index in [1.165, 1.54) is 0 Å². The zero-order valence-corrected chi connectivity index (χ0v) is 5.39. The third kappa shape index (κ3) is 8.82. The maximum atomic E-state index is 9.74. The molecule has 0 aliphatic rings. The first-order valence-electron chi connectivity index (χ1n) is 3.10. The summed E-state index contributed by atoms with van der Waals surface area (Å²) in [5.74, 6) is -2.02. The zero-order valence-electron chi connectivity index (χ0n) is 7.39. The maximum absolute atomic E-state index is 9.74. The largest absolute Gasteiger partial charge is 1.00 e. The summed E-state index contributed by atoms with van der Waals surface area (Å²) in [5, 5.41) is 9.74. The van der Waals surface area contributed by atoms with Crippen molar-refractivity contribution in [2.75, 3.05) is 0 Å². The van der Waals surface area contributed by atoms with Crippen LogP contribution in [0.2, 0.25) is 0 Å². The number of rotatable bonds is 1. The maximum Gasteiger partial charge on any atom is 1.00 e. The van der Waals surface area contributed by atoms with Crippen LogP contribution in [0.25, 0.3) is 0 Å². The molecule has 0 amide bonds. The molecule has 0 N–H and O–H groups in total. The molecule has 0 rings (SSSR count). The summed E-state index contributed by atoms with van der Waals surface area (Å²) in [4.78, 5) is 9.74. The average molecular weight is 100 g/mol. The van der Waals surface area contributed by atoms with Crippen LogP contribution in [-0.2, 0) is 4.79 Å². The first-order chi connectivity index (χ1) is 3.89. The summed E-state index contributed by atoms with van der Waals surface area (Å²) >= 11 is 0. The Bertz CT molecular complexity index is 126. The Hall–Kier alpha value is 0.470. The molecular formula is C3H5NaO2. The molecular weight excluding hydrogens is 91.0 g/mol. The van der Waals surface area contributed by atoms with Crippen molar-refractivity contribution in [2.24, 2.45) is 0 Å². The second-order valence-electron chi connectivity index (χ2n) is 0.432. The van der Waals surface area contributed by atoms with Crippen LogP contribution < -0.4 is 34.7 Å². The van der Waals surface area contributed by atoms with Gasteiger partial charge in [0, 0.05) is 11.5 Å². The minimum atomic E-state index is -2.86. The van der Waals surface area contributed by atoms with Crippen LogP contribution in [0.5, 0.6) is 0 Å². The van der Waals surface area contributed by atoms with Gasteiger partial charge >= 0.3 is 29.6 Å². The topological polar surface area (TPSA) is 40.1 Å². The molecule has 30 valence electrons. The van der Waals surface area contributed by atoms with E-state index in [0.29, 0.717) is 0 Å². The van der Waals surface area contributed by atoms with Gasteiger partial charge in [0.1, 0.15) is 0 Å². The van der Waals surface area contributed by atoms with E-state index >= 15 is 0 Å². The van der Waals surface area contributed by atoms with Crippen LogP contribution in [0.4, 0.5) is 0 Å². The monoisotopic (exact) mass is 100 g/mol. The average Bonchev–Trinajstić information content (AvgIpc) is 1.65. The number of hydrogen-bond acceptors (Lipinski definition) is 2. The normalized spacial score (nSPS) is 18.8. The second kappa shape index (κ2) is 5.47. The van der Waals surface area contributed by atoms with E-state index in [4.69, 9.17) is 5.48 Å². The molecule has 0 saturated carbocycles. The van der Waals surface area contributed by atoms with Gasteiger partial charge in [0.15, 0.2) is 0 Å². The first kappa shape index (κ1) is 2.70. The number of hydrogen-bond donors (Lipinski definition) is 0. The smallest absolute Gasteiger partial charge is 0.550 e. The van der Waals surface area contributed by atoms with Gasteiger partial charge in [-0.15, -0.1) is 0 Å². The number of carbonyl (C=O) groups excluding carboxylic acids is 1. The molecule has 0 aromatic carbocycles. The fourth-order valence-corrected chi connectivity index (χ4v) is 0. The molecule has 0 heterocycles. The van der Waals surface area contributed by atoms with Gasteiger partial charge in [0.05, 0.1) is 0 Å². The molecule has 0 aromatic rings. The molecule has 3 heteroatoms. The van der Waals surface area contributed by atoms with E-state index in [0.717, 1.165) is 0 Å². The van der Waals surface area contributed by atoms with Crippen molar-refractivity contribution in [3.05, 3.63) is 0 Å². The Balaban J connectivity index is 0. The predicted octanol–water partition coefficient (Wildman–Crippen LogP) is -3.85. The van der Waals surface area contributed by atoms with Crippen molar-refractivity contribution in [1.82, 2.24) is 0 Å². The molecule has 0 bridgehead atoms. The molecule has 0 aliphatic carbocycles. The van der Waals surface area contributed by atoms with Gasteiger partial charge in [-0.1, -0.05) is 6.88 Å². The van der Waals surface area contributed by atoms with E-state index in [9.17, 15) is 9.90 Å². The van der Waals surface area contributed by atoms with Crippen LogP contribution in [-0.4, -0.2) is 5.97 Å². The van der Waals surface area contributed by atoms with Gasteiger partial charge in [-0.25, -0.2) is 0 Å². The van der Waals surface area contributed by atoms with Crippen molar-refractivity contribution in [3.8, 4) is 0 Å². The Morgan fingerprint density at radius 3 is 2.83 bits per heavy atom. The Labute approximate surface area is 64.5 Å². The number of carbonyl (C=O) groups is 1. The van der Waals surface area contributed by atoms with E-state index in [1.807, 2.05) is 0 Å². The van der Waals surface area contributed by atoms with Crippen molar-refractivity contribution in [3.63, 3.8) is 0 Å². The molecule has 0 radical (unpaired) electrons. The molecule has 0 spiro atoms. The minimum absolute atomic E-state index is 0. The summed E-state index contributed by atoms with van der Waals surface area (Å²) in [6.45, 7) is -2.04. The van der Waals surface area contributed by atoms with Gasteiger partial charge in [0.2, 0.25) is 0 Å². The summed E-state index contributed by atoms with van der Waals surface area (Å²) in [5.41, 5.74) is 0. The fourth-order valence-electron chi connectivity index (χ4n) is 0. The minimum Gasteiger partial charge on any atom is -0.550 e. The molecule has 0 unspecified atom stereocenters. The number of carboxylic acid groups (broad SMARTS) is 1. The molecule has 0 saturated heterocycles. The summed E-state index contributed by atoms with van der Waals surface area (Å²) in [6, 6.07) is 0. The van der Waals surface area contributed by atoms with Crippen molar-refractivity contribution in [2.45, 2.75) is 13.2 Å². The molecule has 0 aliphatic heterocycles. The van der Waals surface area contributed by atoms with E-state index in [-0.39, 0.29) is 29.6 Å². The number of aliphatic carboxylic acids is 1. The summed E-state index contributed by atoms with van der Waals surface area (Å²) < 4.78 is 25.7. The molecule has 0 aromatic heterocycles. The fraction of sp³-hybridized carbons (Fsp3) is 0.667. The van der Waals surface area contributed by atoms with E-state index in [2.05, 4.69) is 0 Å². The quantitative estimate of drug-likeness (QED) is 0.316. The third-order valence-electron chi connectivity index (χ3n) is 0.118. The first-order valence-corrected chi connectivity index (χ1v) is 0.947. The van der Waals surface area contributed by atoms with Crippen LogP contribution in [0.1, 0.15) is 18.7 Å². The molecule has 0 atom stereocenters. The molecule has 2 nitrogen and oxygen atoms in total. The Morgan fingerprint density at radius 2 is 2.83 bits per heavy atom. The Kier molecular flexibility index (Phi) is 2.46. The van der Waals surface area contributed by atoms with Crippen molar-refractivity contribution < 1.29 is 44.9 Å². The standard InChI is InChI=1S/C3H6O2.Na/c1-2-3(4)5;/h2H2,1H3,(H,4,5);/q;+1/p-1/i1D2,2D2;. The molecule has 0 fully saturated rings. The van der Waals surface area contributed by atoms with Gasteiger partial charge in [-0.3, -0.25) is 0 Å².